The first-order valence-corrected chi connectivity index (χ1v) is 12.9. The van der Waals surface area contributed by atoms with Crippen LogP contribution >= 0.6 is 34.5 Å². The molecular formula is C25H22Cl2N6O2S. The highest BCUT2D eigenvalue weighted by molar-refractivity contribution is 7.19. The minimum absolute atomic E-state index is 0.0142. The molecule has 0 atom stereocenters. The van der Waals surface area contributed by atoms with Gasteiger partial charge < -0.3 is 20.9 Å². The van der Waals surface area contributed by atoms with Gasteiger partial charge in [-0.05, 0) is 60.9 Å². The summed E-state index contributed by atoms with van der Waals surface area (Å²) in [5.41, 5.74) is 4.19. The number of nitrogens with one attached hydrogen (secondary N) is 3. The van der Waals surface area contributed by atoms with Crippen molar-refractivity contribution in [2.24, 2.45) is 0 Å². The van der Waals surface area contributed by atoms with Gasteiger partial charge >= 0.3 is 6.03 Å². The van der Waals surface area contributed by atoms with Crippen LogP contribution in [0.15, 0.2) is 48.8 Å². The predicted molar refractivity (Wildman–Crippen MR) is 146 cm³/mol. The fourth-order valence-corrected chi connectivity index (χ4v) is 5.61. The number of thiophene rings is 1. The summed E-state index contributed by atoms with van der Waals surface area (Å²) < 4.78 is 0. The van der Waals surface area contributed by atoms with Crippen molar-refractivity contribution in [3.8, 4) is 0 Å². The second-order valence-corrected chi connectivity index (χ2v) is 10.1. The quantitative estimate of drug-likeness (QED) is 0.263. The number of aryl methyl sites for hydroxylation is 1. The number of carbonyl (C=O) groups is 2. The van der Waals surface area contributed by atoms with E-state index in [1.165, 1.54) is 11.9 Å². The van der Waals surface area contributed by atoms with E-state index in [0.717, 1.165) is 32.8 Å². The summed E-state index contributed by atoms with van der Waals surface area (Å²) in [5.74, 6) is 0.637. The molecule has 2 aromatic carbocycles. The highest BCUT2D eigenvalue weighted by Gasteiger charge is 2.26. The number of anilines is 4. The van der Waals surface area contributed by atoms with Gasteiger partial charge in [-0.2, -0.15) is 0 Å². The van der Waals surface area contributed by atoms with Gasteiger partial charge in [0.1, 0.15) is 22.9 Å². The Morgan fingerprint density at radius 1 is 1.06 bits per heavy atom. The van der Waals surface area contributed by atoms with Gasteiger partial charge in [-0.1, -0.05) is 17.7 Å². The van der Waals surface area contributed by atoms with E-state index in [1.807, 2.05) is 25.1 Å². The molecule has 0 spiro atoms. The maximum atomic E-state index is 12.4. The molecule has 3 N–H and O–H groups in total. The van der Waals surface area contributed by atoms with Crippen molar-refractivity contribution in [1.29, 1.82) is 0 Å². The normalized spacial score (nSPS) is 12.8. The lowest BCUT2D eigenvalue weighted by atomic mass is 10.0. The van der Waals surface area contributed by atoms with Crippen LogP contribution in [0.25, 0.3) is 10.2 Å². The highest BCUT2D eigenvalue weighted by atomic mass is 35.5. The predicted octanol–water partition coefficient (Wildman–Crippen LogP) is 6.16. The number of aromatic nitrogens is 2. The van der Waals surface area contributed by atoms with Gasteiger partial charge in [-0.3, -0.25) is 4.79 Å². The summed E-state index contributed by atoms with van der Waals surface area (Å²) in [6.07, 6.45) is 2.26. The number of benzene rings is 2. The lowest BCUT2D eigenvalue weighted by Gasteiger charge is -2.26. The molecule has 3 heterocycles. The Hall–Kier alpha value is -3.40. The van der Waals surface area contributed by atoms with E-state index in [0.29, 0.717) is 35.3 Å². The number of carbonyl (C=O) groups excluding carboxylic acids is 2. The smallest absolute Gasteiger partial charge is 0.323 e. The number of nitrogens with zero attached hydrogens (tertiary/aromatic N) is 3. The molecule has 36 heavy (non-hydrogen) atoms. The summed E-state index contributed by atoms with van der Waals surface area (Å²) >= 11 is 13.4. The zero-order valence-corrected chi connectivity index (χ0v) is 21.6. The fraction of sp³-hybridized carbons (Fsp3) is 0.200. The number of hydrogen-bond acceptors (Lipinski definition) is 6. The van der Waals surface area contributed by atoms with Gasteiger partial charge in [0.2, 0.25) is 5.91 Å². The molecular weight excluding hydrogens is 519 g/mol. The van der Waals surface area contributed by atoms with E-state index in [1.54, 1.807) is 40.5 Å². The molecule has 8 nitrogen and oxygen atoms in total. The molecule has 4 aromatic rings. The molecule has 2 aromatic heterocycles. The van der Waals surface area contributed by atoms with Crippen LogP contribution in [0.1, 0.15) is 16.0 Å². The molecule has 1 aliphatic rings. The number of urea groups is 1. The average Bonchev–Trinajstić information content (AvgIpc) is 3.25. The standard InChI is InChI=1S/C25H22Cl2N6O2S/c1-14-2-3-17(10-19(14)27)32-25(35)31-16-6-4-15(5-7-16)30-23-22-18-8-9-33(21(34)11-26)12-20(18)36-24(22)29-13-28-23/h2-7,10,13H,8-9,11-12H2,1H3,(H,28,29,30)(H2,31,32,35). The first kappa shape index (κ1) is 24.3. The number of fused-ring (bicyclic) bond motifs is 3. The van der Waals surface area contributed by atoms with Crippen LogP contribution in [-0.2, 0) is 17.8 Å². The molecule has 5 rings (SSSR count). The number of hydrogen-bond donors (Lipinski definition) is 3. The number of alkyl halides is 1. The van der Waals surface area contributed by atoms with Crippen LogP contribution in [0.4, 0.5) is 27.7 Å². The lowest BCUT2D eigenvalue weighted by molar-refractivity contribution is -0.129. The second kappa shape index (κ2) is 10.3. The topological polar surface area (TPSA) is 99.2 Å². The molecule has 1 aliphatic heterocycles. The van der Waals surface area contributed by atoms with E-state index in [2.05, 4.69) is 25.9 Å². The van der Waals surface area contributed by atoms with Crippen molar-refractivity contribution in [2.75, 3.05) is 28.4 Å². The first-order valence-electron chi connectivity index (χ1n) is 11.2. The van der Waals surface area contributed by atoms with E-state index in [9.17, 15) is 9.59 Å². The molecule has 0 fully saturated rings. The zero-order valence-electron chi connectivity index (χ0n) is 19.3. The first-order chi connectivity index (χ1) is 17.4. The van der Waals surface area contributed by atoms with Crippen molar-refractivity contribution in [3.05, 3.63) is 69.8 Å². The Morgan fingerprint density at radius 2 is 1.78 bits per heavy atom. The van der Waals surface area contributed by atoms with Crippen molar-refractivity contribution >= 4 is 79.6 Å². The maximum Gasteiger partial charge on any atom is 0.323 e. The molecule has 11 heteroatoms. The average molecular weight is 541 g/mol. The van der Waals surface area contributed by atoms with Crippen LogP contribution in [-0.4, -0.2) is 39.2 Å². The Kier molecular flexibility index (Phi) is 6.95. The van der Waals surface area contributed by atoms with Gasteiger partial charge in [-0.25, -0.2) is 14.8 Å². The van der Waals surface area contributed by atoms with Gasteiger partial charge in [0.25, 0.3) is 0 Å². The summed E-state index contributed by atoms with van der Waals surface area (Å²) in [6, 6.07) is 12.3. The maximum absolute atomic E-state index is 12.4. The molecule has 0 saturated heterocycles. The third-order valence-corrected chi connectivity index (χ3v) is 7.70. The van der Waals surface area contributed by atoms with Crippen LogP contribution in [0, 0.1) is 6.92 Å². The van der Waals surface area contributed by atoms with E-state index < -0.39 is 0 Å². The zero-order chi connectivity index (χ0) is 25.2. The Bertz CT molecular complexity index is 1460. The second-order valence-electron chi connectivity index (χ2n) is 8.35. The van der Waals surface area contributed by atoms with Crippen LogP contribution < -0.4 is 16.0 Å². The molecule has 184 valence electrons. The number of amides is 3. The lowest BCUT2D eigenvalue weighted by Crippen LogP contribution is -2.36. The Labute approximate surface area is 221 Å². The molecule has 0 unspecified atom stereocenters. The van der Waals surface area contributed by atoms with Crippen molar-refractivity contribution < 1.29 is 9.59 Å². The third kappa shape index (κ3) is 5.09. The summed E-state index contributed by atoms with van der Waals surface area (Å²) in [5, 5.41) is 10.5. The van der Waals surface area contributed by atoms with Gasteiger partial charge in [0, 0.05) is 33.5 Å². The molecule has 3 amide bonds. The van der Waals surface area contributed by atoms with Gasteiger partial charge in [0.15, 0.2) is 0 Å². The minimum atomic E-state index is -0.361. The van der Waals surface area contributed by atoms with Crippen molar-refractivity contribution in [3.63, 3.8) is 0 Å². The summed E-state index contributed by atoms with van der Waals surface area (Å²) in [4.78, 5) is 37.1. The molecule has 0 aliphatic carbocycles. The fourth-order valence-electron chi connectivity index (χ4n) is 4.06. The van der Waals surface area contributed by atoms with Crippen LogP contribution in [0.3, 0.4) is 0 Å². The number of rotatable bonds is 5. The largest absolute Gasteiger partial charge is 0.340 e. The van der Waals surface area contributed by atoms with E-state index in [4.69, 9.17) is 23.2 Å². The van der Waals surface area contributed by atoms with Crippen LogP contribution in [0.5, 0.6) is 0 Å². The van der Waals surface area contributed by atoms with E-state index >= 15 is 0 Å². The Balaban J connectivity index is 1.28. The van der Waals surface area contributed by atoms with Crippen LogP contribution in [0.2, 0.25) is 5.02 Å². The van der Waals surface area contributed by atoms with Gasteiger partial charge in [-0.15, -0.1) is 22.9 Å². The van der Waals surface area contributed by atoms with Gasteiger partial charge in [0.05, 0.1) is 11.9 Å². The third-order valence-electron chi connectivity index (χ3n) is 5.94. The molecule has 0 saturated carbocycles. The SMILES string of the molecule is Cc1ccc(NC(=O)Nc2ccc(Nc3ncnc4sc5c(c34)CCN(C(=O)CCl)C5)cc2)cc1Cl. The highest BCUT2D eigenvalue weighted by Crippen LogP contribution is 2.38. The Morgan fingerprint density at radius 3 is 2.53 bits per heavy atom. The van der Waals surface area contributed by atoms with E-state index in [-0.39, 0.29) is 17.8 Å². The van der Waals surface area contributed by atoms with Crippen molar-refractivity contribution in [2.45, 2.75) is 19.9 Å². The number of halogens is 2. The van der Waals surface area contributed by atoms with Crippen molar-refractivity contribution in [1.82, 2.24) is 14.9 Å². The molecule has 0 radical (unpaired) electrons. The summed E-state index contributed by atoms with van der Waals surface area (Å²) in [7, 11) is 0. The summed E-state index contributed by atoms with van der Waals surface area (Å²) in [6.45, 7) is 3.06. The minimum Gasteiger partial charge on any atom is -0.340 e. The molecule has 0 bridgehead atoms. The monoisotopic (exact) mass is 540 g/mol.